The number of hydrogen-bond acceptors (Lipinski definition) is 6. The van der Waals surface area contributed by atoms with Crippen molar-refractivity contribution < 1.29 is 14.3 Å². The molecule has 3 aromatic rings. The van der Waals surface area contributed by atoms with Crippen LogP contribution in [0.2, 0.25) is 0 Å². The van der Waals surface area contributed by atoms with Crippen molar-refractivity contribution in [3.8, 4) is 17.1 Å². The fourth-order valence-corrected chi connectivity index (χ4v) is 2.90. The molecule has 1 heterocycles. The second-order valence-corrected chi connectivity index (χ2v) is 7.28. The average molecular weight is 406 g/mol. The van der Waals surface area contributed by atoms with Crippen molar-refractivity contribution in [1.29, 1.82) is 0 Å². The summed E-state index contributed by atoms with van der Waals surface area (Å²) in [5.74, 6) is 0.568. The summed E-state index contributed by atoms with van der Waals surface area (Å²) >= 11 is 0. The van der Waals surface area contributed by atoms with E-state index in [2.05, 4.69) is 20.8 Å². The lowest BCUT2D eigenvalue weighted by Gasteiger charge is -2.14. The molecule has 9 nitrogen and oxygen atoms in total. The van der Waals surface area contributed by atoms with E-state index in [1.807, 2.05) is 16.8 Å². The van der Waals surface area contributed by atoms with Crippen LogP contribution in [0, 0.1) is 0 Å². The number of hydrogen-bond donors (Lipinski definition) is 1. The monoisotopic (exact) mass is 406 g/mol. The van der Waals surface area contributed by atoms with Gasteiger partial charge < -0.3 is 15.0 Å². The van der Waals surface area contributed by atoms with E-state index in [1.54, 1.807) is 50.5 Å². The Hall–Kier alpha value is -3.75. The molecule has 1 saturated carbocycles. The van der Waals surface area contributed by atoms with Gasteiger partial charge in [0.25, 0.3) is 11.8 Å². The van der Waals surface area contributed by atoms with Crippen molar-refractivity contribution in [2.24, 2.45) is 0 Å². The van der Waals surface area contributed by atoms with Crippen LogP contribution in [-0.4, -0.2) is 57.6 Å². The highest BCUT2D eigenvalue weighted by Gasteiger charge is 2.28. The van der Waals surface area contributed by atoms with Crippen LogP contribution in [0.15, 0.2) is 48.5 Å². The van der Waals surface area contributed by atoms with E-state index < -0.39 is 0 Å². The Kier molecular flexibility index (Phi) is 5.42. The minimum absolute atomic E-state index is 0.137. The van der Waals surface area contributed by atoms with Gasteiger partial charge in [-0.3, -0.25) is 9.59 Å². The van der Waals surface area contributed by atoms with Gasteiger partial charge in [0.1, 0.15) is 5.75 Å². The van der Waals surface area contributed by atoms with Crippen LogP contribution in [0.4, 0.5) is 5.69 Å². The van der Waals surface area contributed by atoms with Crippen molar-refractivity contribution in [1.82, 2.24) is 25.1 Å². The summed E-state index contributed by atoms with van der Waals surface area (Å²) in [6.45, 7) is -0.137. The quantitative estimate of drug-likeness (QED) is 0.646. The molecule has 0 unspecified atom stereocenters. The van der Waals surface area contributed by atoms with E-state index in [0.717, 1.165) is 24.2 Å². The number of rotatable bonds is 7. The van der Waals surface area contributed by atoms with E-state index >= 15 is 0 Å². The molecule has 0 radical (unpaired) electrons. The Morgan fingerprint density at radius 3 is 2.57 bits per heavy atom. The zero-order chi connectivity index (χ0) is 21.1. The van der Waals surface area contributed by atoms with Crippen LogP contribution < -0.4 is 10.1 Å². The third-order valence-electron chi connectivity index (χ3n) is 4.77. The van der Waals surface area contributed by atoms with Gasteiger partial charge in [0.05, 0.1) is 11.6 Å². The summed E-state index contributed by atoms with van der Waals surface area (Å²) in [7, 11) is 3.30. The molecule has 0 atom stereocenters. The number of carbonyl (C=O) groups excluding carboxylic acids is 2. The maximum Gasteiger partial charge on any atom is 0.259 e. The van der Waals surface area contributed by atoms with Gasteiger partial charge in [-0.1, -0.05) is 12.1 Å². The van der Waals surface area contributed by atoms with Gasteiger partial charge in [0.2, 0.25) is 0 Å². The Morgan fingerprint density at radius 1 is 1.13 bits per heavy atom. The number of amides is 2. The fourth-order valence-electron chi connectivity index (χ4n) is 2.90. The van der Waals surface area contributed by atoms with Crippen LogP contribution in [0.1, 0.15) is 29.2 Å². The van der Waals surface area contributed by atoms with Crippen LogP contribution in [-0.2, 0) is 4.79 Å². The molecule has 30 heavy (non-hydrogen) atoms. The molecule has 0 bridgehead atoms. The number of anilines is 1. The molecule has 9 heteroatoms. The number of tetrazole rings is 1. The molecule has 1 aliphatic carbocycles. The van der Waals surface area contributed by atoms with Crippen molar-refractivity contribution in [2.75, 3.05) is 26.0 Å². The third kappa shape index (κ3) is 4.29. The molecule has 1 aliphatic rings. The normalized spacial score (nSPS) is 13.0. The predicted molar refractivity (Wildman–Crippen MR) is 110 cm³/mol. The number of carbonyl (C=O) groups is 2. The standard InChI is InChI=1S/C21H22N6O3/c1-26(2)19(28)13-30-18-6-4-3-5-17(18)21(29)22-15-9-7-14(8-10-15)20-23-24-25-27(20)16-11-12-16/h3-10,16H,11-13H2,1-2H3,(H,22,29). The highest BCUT2D eigenvalue weighted by Crippen LogP contribution is 2.36. The molecule has 2 amide bonds. The Morgan fingerprint density at radius 2 is 1.87 bits per heavy atom. The highest BCUT2D eigenvalue weighted by molar-refractivity contribution is 6.06. The Bertz CT molecular complexity index is 1060. The van der Waals surface area contributed by atoms with Crippen LogP contribution in [0.25, 0.3) is 11.4 Å². The first-order valence-electron chi connectivity index (χ1n) is 9.64. The molecular weight excluding hydrogens is 384 g/mol. The summed E-state index contributed by atoms with van der Waals surface area (Å²) in [6.07, 6.45) is 2.18. The second-order valence-electron chi connectivity index (χ2n) is 7.28. The minimum atomic E-state index is -0.321. The van der Waals surface area contributed by atoms with Gasteiger partial charge in [-0.05, 0) is 59.7 Å². The molecule has 1 N–H and O–H groups in total. The molecule has 0 aliphatic heterocycles. The van der Waals surface area contributed by atoms with E-state index in [-0.39, 0.29) is 18.4 Å². The number of para-hydroxylation sites is 1. The Labute approximate surface area is 173 Å². The first kappa shape index (κ1) is 19.6. The third-order valence-corrected chi connectivity index (χ3v) is 4.77. The first-order chi connectivity index (χ1) is 14.5. The predicted octanol–water partition coefficient (Wildman–Crippen LogP) is 2.39. The van der Waals surface area contributed by atoms with E-state index in [9.17, 15) is 9.59 Å². The molecule has 4 rings (SSSR count). The van der Waals surface area contributed by atoms with Crippen molar-refractivity contribution in [3.05, 3.63) is 54.1 Å². The lowest BCUT2D eigenvalue weighted by molar-refractivity contribution is -0.130. The van der Waals surface area contributed by atoms with E-state index in [0.29, 0.717) is 23.0 Å². The molecule has 1 fully saturated rings. The number of aromatic nitrogens is 4. The zero-order valence-electron chi connectivity index (χ0n) is 16.8. The average Bonchev–Trinajstić information content (AvgIpc) is 3.49. The molecule has 0 saturated heterocycles. The molecule has 154 valence electrons. The SMILES string of the molecule is CN(C)C(=O)COc1ccccc1C(=O)Nc1ccc(-c2nnnn2C2CC2)cc1. The zero-order valence-corrected chi connectivity index (χ0v) is 16.8. The molecule has 2 aromatic carbocycles. The summed E-state index contributed by atoms with van der Waals surface area (Å²) in [6, 6.07) is 14.6. The fraction of sp³-hybridized carbons (Fsp3) is 0.286. The van der Waals surface area contributed by atoms with Crippen LogP contribution in [0.3, 0.4) is 0 Å². The maximum absolute atomic E-state index is 12.8. The second kappa shape index (κ2) is 8.32. The van der Waals surface area contributed by atoms with Gasteiger partial charge in [0, 0.05) is 25.3 Å². The lowest BCUT2D eigenvalue weighted by atomic mass is 10.1. The van der Waals surface area contributed by atoms with Crippen molar-refractivity contribution >= 4 is 17.5 Å². The van der Waals surface area contributed by atoms with Gasteiger partial charge in [0.15, 0.2) is 12.4 Å². The number of nitrogens with one attached hydrogen (secondary N) is 1. The van der Waals surface area contributed by atoms with Gasteiger partial charge in [-0.2, -0.15) is 0 Å². The van der Waals surface area contributed by atoms with Gasteiger partial charge in [-0.15, -0.1) is 5.10 Å². The van der Waals surface area contributed by atoms with Crippen LogP contribution >= 0.6 is 0 Å². The smallest absolute Gasteiger partial charge is 0.259 e. The summed E-state index contributed by atoms with van der Waals surface area (Å²) in [5, 5.41) is 14.8. The van der Waals surface area contributed by atoms with E-state index in [1.165, 1.54) is 4.90 Å². The van der Waals surface area contributed by atoms with E-state index in [4.69, 9.17) is 4.74 Å². The topological polar surface area (TPSA) is 102 Å². The van der Waals surface area contributed by atoms with Crippen LogP contribution in [0.5, 0.6) is 5.75 Å². The summed E-state index contributed by atoms with van der Waals surface area (Å²) in [5.41, 5.74) is 1.87. The lowest BCUT2D eigenvalue weighted by Crippen LogP contribution is -2.28. The largest absolute Gasteiger partial charge is 0.483 e. The number of ether oxygens (including phenoxy) is 1. The van der Waals surface area contributed by atoms with Gasteiger partial charge in [-0.25, -0.2) is 4.68 Å². The first-order valence-corrected chi connectivity index (χ1v) is 9.64. The molecular formula is C21H22N6O3. The van der Waals surface area contributed by atoms with Crippen molar-refractivity contribution in [3.63, 3.8) is 0 Å². The van der Waals surface area contributed by atoms with Crippen molar-refractivity contribution in [2.45, 2.75) is 18.9 Å². The van der Waals surface area contributed by atoms with Gasteiger partial charge >= 0.3 is 0 Å². The number of nitrogens with zero attached hydrogens (tertiary/aromatic N) is 5. The number of benzene rings is 2. The number of likely N-dealkylation sites (N-methyl/N-ethyl adjacent to an activating group) is 1. The minimum Gasteiger partial charge on any atom is -0.483 e. The Balaban J connectivity index is 1.45. The summed E-state index contributed by atoms with van der Waals surface area (Å²) in [4.78, 5) is 26.0. The maximum atomic E-state index is 12.8. The molecule has 1 aromatic heterocycles. The molecule has 0 spiro atoms. The summed E-state index contributed by atoms with van der Waals surface area (Å²) < 4.78 is 7.40. The highest BCUT2D eigenvalue weighted by atomic mass is 16.5.